The van der Waals surface area contributed by atoms with Gasteiger partial charge in [0, 0.05) is 23.0 Å². The lowest BCUT2D eigenvalue weighted by atomic mass is 9.95. The van der Waals surface area contributed by atoms with E-state index in [2.05, 4.69) is 22.7 Å². The number of piperidine rings is 1. The van der Waals surface area contributed by atoms with E-state index in [4.69, 9.17) is 11.6 Å². The molecule has 2 unspecified atom stereocenters. The fourth-order valence-electron chi connectivity index (χ4n) is 3.54. The number of benzene rings is 1. The first-order chi connectivity index (χ1) is 13.0. The molecule has 2 aromatic heterocycles. The van der Waals surface area contributed by atoms with Gasteiger partial charge in [-0.2, -0.15) is 5.10 Å². The number of fused-ring (bicyclic) bond motifs is 1. The third-order valence-corrected chi connectivity index (χ3v) is 6.77. The van der Waals surface area contributed by atoms with Gasteiger partial charge in [-0.3, -0.25) is 9.48 Å². The van der Waals surface area contributed by atoms with Crippen molar-refractivity contribution in [2.45, 2.75) is 32.9 Å². The van der Waals surface area contributed by atoms with E-state index in [0.717, 1.165) is 50.9 Å². The van der Waals surface area contributed by atoms with E-state index in [1.165, 1.54) is 11.3 Å². The van der Waals surface area contributed by atoms with Gasteiger partial charge in [-0.1, -0.05) is 36.7 Å². The molecule has 0 spiro atoms. The lowest BCUT2D eigenvalue weighted by Crippen LogP contribution is -2.50. The molecule has 5 nitrogen and oxygen atoms in total. The van der Waals surface area contributed by atoms with Crippen LogP contribution in [0.3, 0.4) is 0 Å². The van der Waals surface area contributed by atoms with Gasteiger partial charge in [-0.05, 0) is 43.5 Å². The highest BCUT2D eigenvalue weighted by Crippen LogP contribution is 2.30. The molecule has 142 valence electrons. The van der Waals surface area contributed by atoms with Gasteiger partial charge < -0.3 is 10.6 Å². The van der Waals surface area contributed by atoms with Gasteiger partial charge in [0.05, 0.1) is 17.1 Å². The monoisotopic (exact) mass is 402 g/mol. The maximum absolute atomic E-state index is 12.8. The number of aryl methyl sites for hydroxylation is 1. The van der Waals surface area contributed by atoms with Crippen molar-refractivity contribution in [1.82, 2.24) is 20.4 Å². The molecule has 0 saturated carbocycles. The highest BCUT2D eigenvalue weighted by Gasteiger charge is 2.24. The van der Waals surface area contributed by atoms with Gasteiger partial charge in [0.1, 0.15) is 4.83 Å². The van der Waals surface area contributed by atoms with Crippen LogP contribution in [-0.4, -0.2) is 34.8 Å². The second-order valence-corrected chi connectivity index (χ2v) is 8.65. The number of rotatable bonds is 4. The van der Waals surface area contributed by atoms with E-state index in [9.17, 15) is 4.79 Å². The molecule has 3 heterocycles. The molecule has 0 bridgehead atoms. The zero-order chi connectivity index (χ0) is 19.0. The SMILES string of the molecule is Cc1nn(Cc2ccccc2Cl)c2sc(C(=O)NC3CNCCC3C)cc12. The van der Waals surface area contributed by atoms with Crippen LogP contribution in [0.1, 0.15) is 34.3 Å². The number of nitrogens with one attached hydrogen (secondary N) is 2. The molecule has 1 saturated heterocycles. The zero-order valence-electron chi connectivity index (χ0n) is 15.5. The van der Waals surface area contributed by atoms with E-state index in [1.807, 2.05) is 41.9 Å². The van der Waals surface area contributed by atoms with Crippen molar-refractivity contribution in [2.75, 3.05) is 13.1 Å². The molecule has 2 N–H and O–H groups in total. The summed E-state index contributed by atoms with van der Waals surface area (Å²) in [7, 11) is 0. The predicted octanol–water partition coefficient (Wildman–Crippen LogP) is 3.84. The fraction of sp³-hybridized carbons (Fsp3) is 0.400. The Bertz CT molecular complexity index is 980. The van der Waals surface area contributed by atoms with E-state index >= 15 is 0 Å². The molecule has 0 aliphatic carbocycles. The number of hydrogen-bond acceptors (Lipinski definition) is 4. The van der Waals surface area contributed by atoms with Crippen molar-refractivity contribution in [3.8, 4) is 0 Å². The second-order valence-electron chi connectivity index (χ2n) is 7.21. The Hall–Kier alpha value is -1.89. The van der Waals surface area contributed by atoms with Crippen LogP contribution in [0.25, 0.3) is 10.2 Å². The predicted molar refractivity (Wildman–Crippen MR) is 111 cm³/mol. The molecule has 1 aliphatic heterocycles. The van der Waals surface area contributed by atoms with Gasteiger partial charge in [-0.15, -0.1) is 11.3 Å². The number of carbonyl (C=O) groups is 1. The number of hydrogen-bond donors (Lipinski definition) is 2. The molecular weight excluding hydrogens is 380 g/mol. The second kappa shape index (κ2) is 7.62. The summed E-state index contributed by atoms with van der Waals surface area (Å²) < 4.78 is 1.94. The summed E-state index contributed by atoms with van der Waals surface area (Å²) in [4.78, 5) is 14.5. The Morgan fingerprint density at radius 1 is 1.44 bits per heavy atom. The average Bonchev–Trinajstić information content (AvgIpc) is 3.21. The normalized spacial score (nSPS) is 20.1. The average molecular weight is 403 g/mol. The minimum absolute atomic E-state index is 0.000411. The standard InChI is InChI=1S/C20H23ClN4OS/c1-12-7-8-22-10-17(12)23-19(26)18-9-15-13(2)24-25(20(15)27-18)11-14-5-3-4-6-16(14)21/h3-6,9,12,17,22H,7-8,10-11H2,1-2H3,(H,23,26). The van der Waals surface area contributed by atoms with Crippen molar-refractivity contribution in [2.24, 2.45) is 5.92 Å². The molecule has 1 aliphatic rings. The maximum atomic E-state index is 12.8. The summed E-state index contributed by atoms with van der Waals surface area (Å²) in [6, 6.07) is 9.92. The van der Waals surface area contributed by atoms with Gasteiger partial charge in [0.2, 0.25) is 0 Å². The van der Waals surface area contributed by atoms with Crippen molar-refractivity contribution in [1.29, 1.82) is 0 Å². The van der Waals surface area contributed by atoms with Crippen LogP contribution in [0.15, 0.2) is 30.3 Å². The van der Waals surface area contributed by atoms with Crippen molar-refractivity contribution in [3.05, 3.63) is 51.5 Å². The van der Waals surface area contributed by atoms with Gasteiger partial charge in [0.25, 0.3) is 5.91 Å². The largest absolute Gasteiger partial charge is 0.347 e. The van der Waals surface area contributed by atoms with E-state index in [0.29, 0.717) is 12.5 Å². The molecule has 7 heteroatoms. The van der Waals surface area contributed by atoms with Crippen LogP contribution in [0.4, 0.5) is 0 Å². The molecule has 1 fully saturated rings. The molecule has 1 amide bonds. The molecule has 3 aromatic rings. The summed E-state index contributed by atoms with van der Waals surface area (Å²) in [5.74, 6) is 0.488. The van der Waals surface area contributed by atoms with Gasteiger partial charge in [0.15, 0.2) is 0 Å². The van der Waals surface area contributed by atoms with Crippen LogP contribution in [-0.2, 0) is 6.54 Å². The zero-order valence-corrected chi connectivity index (χ0v) is 17.0. The van der Waals surface area contributed by atoms with Gasteiger partial charge in [-0.25, -0.2) is 0 Å². The highest BCUT2D eigenvalue weighted by molar-refractivity contribution is 7.20. The summed E-state index contributed by atoms with van der Waals surface area (Å²) in [6.07, 6.45) is 1.09. The lowest BCUT2D eigenvalue weighted by molar-refractivity contribution is 0.0919. The molecule has 0 radical (unpaired) electrons. The quantitative estimate of drug-likeness (QED) is 0.697. The summed E-state index contributed by atoms with van der Waals surface area (Å²) in [5.41, 5.74) is 1.95. The van der Waals surface area contributed by atoms with Crippen LogP contribution < -0.4 is 10.6 Å². The van der Waals surface area contributed by atoms with Crippen molar-refractivity contribution >= 4 is 39.1 Å². The Kier molecular flexibility index (Phi) is 5.21. The molecule has 27 heavy (non-hydrogen) atoms. The molecule has 2 atom stereocenters. The fourth-order valence-corrected chi connectivity index (χ4v) is 4.80. The topological polar surface area (TPSA) is 59.0 Å². The van der Waals surface area contributed by atoms with Crippen LogP contribution in [0.2, 0.25) is 5.02 Å². The third kappa shape index (κ3) is 3.74. The van der Waals surface area contributed by atoms with E-state index < -0.39 is 0 Å². The number of thiophene rings is 1. The Morgan fingerprint density at radius 3 is 3.04 bits per heavy atom. The first-order valence-electron chi connectivity index (χ1n) is 9.25. The Labute approximate surface area is 167 Å². The minimum atomic E-state index is 0.000411. The van der Waals surface area contributed by atoms with Crippen molar-refractivity contribution in [3.63, 3.8) is 0 Å². The first-order valence-corrected chi connectivity index (χ1v) is 10.4. The number of carbonyl (C=O) groups excluding carboxylic acids is 1. The van der Waals surface area contributed by atoms with Crippen LogP contribution in [0, 0.1) is 12.8 Å². The summed E-state index contributed by atoms with van der Waals surface area (Å²) >= 11 is 7.79. The first kappa shape index (κ1) is 18.5. The number of nitrogens with zero attached hydrogens (tertiary/aromatic N) is 2. The summed E-state index contributed by atoms with van der Waals surface area (Å²) in [6.45, 7) is 6.62. The van der Waals surface area contributed by atoms with E-state index in [1.54, 1.807) is 0 Å². The minimum Gasteiger partial charge on any atom is -0.347 e. The van der Waals surface area contributed by atoms with Crippen LogP contribution >= 0.6 is 22.9 Å². The Morgan fingerprint density at radius 2 is 2.26 bits per heavy atom. The van der Waals surface area contributed by atoms with E-state index in [-0.39, 0.29) is 11.9 Å². The molecular formula is C20H23ClN4OS. The third-order valence-electron chi connectivity index (χ3n) is 5.25. The summed E-state index contributed by atoms with van der Waals surface area (Å²) in [5, 5.41) is 13.0. The van der Waals surface area contributed by atoms with Crippen molar-refractivity contribution < 1.29 is 4.79 Å². The molecule has 1 aromatic carbocycles. The highest BCUT2D eigenvalue weighted by atomic mass is 35.5. The smallest absolute Gasteiger partial charge is 0.261 e. The molecule has 4 rings (SSSR count). The van der Waals surface area contributed by atoms with Crippen LogP contribution in [0.5, 0.6) is 0 Å². The Balaban J connectivity index is 1.59. The number of amides is 1. The number of aromatic nitrogens is 2. The maximum Gasteiger partial charge on any atom is 0.261 e. The lowest BCUT2D eigenvalue weighted by Gasteiger charge is -2.30. The number of halogens is 1. The van der Waals surface area contributed by atoms with Gasteiger partial charge >= 0.3 is 0 Å².